The van der Waals surface area contributed by atoms with E-state index in [1.54, 1.807) is 0 Å². The van der Waals surface area contributed by atoms with Crippen LogP contribution in [0.3, 0.4) is 0 Å². The van der Waals surface area contributed by atoms with Crippen molar-refractivity contribution in [3.8, 4) is 0 Å². The molecule has 2 aliphatic heterocycles. The van der Waals surface area contributed by atoms with Crippen molar-refractivity contribution in [3.63, 3.8) is 0 Å². The van der Waals surface area contributed by atoms with Gasteiger partial charge in [-0.2, -0.15) is 0 Å². The molecule has 1 aromatic carbocycles. The van der Waals surface area contributed by atoms with Crippen molar-refractivity contribution in [2.75, 3.05) is 18.0 Å². The summed E-state index contributed by atoms with van der Waals surface area (Å²) in [6.07, 6.45) is 4.38. The summed E-state index contributed by atoms with van der Waals surface area (Å²) in [6.45, 7) is 2.16. The number of amides is 1. The van der Waals surface area contributed by atoms with Crippen LogP contribution >= 0.6 is 39.9 Å². The first kappa shape index (κ1) is 14.1. The maximum atomic E-state index is 11.8. The summed E-state index contributed by atoms with van der Waals surface area (Å²) < 4.78 is 1.54. The van der Waals surface area contributed by atoms with Crippen LogP contribution < -0.4 is 10.2 Å². The molecule has 0 bridgehead atoms. The molecule has 2 heterocycles. The maximum absolute atomic E-state index is 11.8. The van der Waals surface area contributed by atoms with Gasteiger partial charge < -0.3 is 10.2 Å². The molecule has 0 unspecified atom stereocenters. The molecular weight excluding hydrogens is 356 g/mol. The highest BCUT2D eigenvalue weighted by Crippen LogP contribution is 2.32. The number of nitrogens with zero attached hydrogens (tertiary/aromatic N) is 1. The van der Waals surface area contributed by atoms with E-state index >= 15 is 0 Å². The largest absolute Gasteiger partial charge is 0.371 e. The van der Waals surface area contributed by atoms with Gasteiger partial charge in [0.1, 0.15) is 4.32 Å². The predicted molar refractivity (Wildman–Crippen MR) is 91.9 cm³/mol. The van der Waals surface area contributed by atoms with Crippen molar-refractivity contribution in [2.24, 2.45) is 0 Å². The molecule has 0 saturated carbocycles. The van der Waals surface area contributed by atoms with Crippen LogP contribution in [0.4, 0.5) is 5.69 Å². The molecule has 0 aromatic heterocycles. The number of benzene rings is 1. The molecule has 0 spiro atoms. The monoisotopic (exact) mass is 368 g/mol. The van der Waals surface area contributed by atoms with E-state index in [9.17, 15) is 4.79 Å². The van der Waals surface area contributed by atoms with Crippen LogP contribution in [0.5, 0.6) is 0 Å². The second-order valence-electron chi connectivity index (χ2n) is 4.75. The maximum Gasteiger partial charge on any atom is 0.263 e. The van der Waals surface area contributed by atoms with E-state index in [1.807, 2.05) is 12.1 Å². The zero-order chi connectivity index (χ0) is 14.1. The molecule has 104 valence electrons. The standard InChI is InChI=1S/C14H13BrN2OS2/c15-10-3-4-11(17-5-1-2-6-17)9(7-10)8-12-13(18)16-14(19)20-12/h3-4,7-8H,1-2,5-6H2,(H,16,18,19)/b12-8-. The molecule has 0 radical (unpaired) electrons. The van der Waals surface area contributed by atoms with Gasteiger partial charge in [0.25, 0.3) is 5.91 Å². The molecule has 1 aromatic rings. The van der Waals surface area contributed by atoms with Crippen LogP contribution in [0.25, 0.3) is 6.08 Å². The van der Waals surface area contributed by atoms with E-state index in [0.717, 1.165) is 23.1 Å². The van der Waals surface area contributed by atoms with Crippen LogP contribution in [-0.4, -0.2) is 23.3 Å². The Morgan fingerprint density at radius 3 is 2.75 bits per heavy atom. The Kier molecular flexibility index (Phi) is 4.14. The fraction of sp³-hybridized carbons (Fsp3) is 0.286. The Labute approximate surface area is 135 Å². The minimum atomic E-state index is -0.104. The third kappa shape index (κ3) is 2.92. The highest BCUT2D eigenvalue weighted by atomic mass is 79.9. The van der Waals surface area contributed by atoms with Gasteiger partial charge in [-0.15, -0.1) is 0 Å². The van der Waals surface area contributed by atoms with Crippen molar-refractivity contribution >= 4 is 61.9 Å². The van der Waals surface area contributed by atoms with Gasteiger partial charge in [-0.1, -0.05) is 39.9 Å². The lowest BCUT2D eigenvalue weighted by atomic mass is 10.1. The molecule has 6 heteroatoms. The topological polar surface area (TPSA) is 32.3 Å². The number of halogens is 1. The highest BCUT2D eigenvalue weighted by Gasteiger charge is 2.23. The number of carbonyl (C=O) groups excluding carboxylic acids is 1. The summed E-state index contributed by atoms with van der Waals surface area (Å²) >= 11 is 9.85. The van der Waals surface area contributed by atoms with E-state index in [-0.39, 0.29) is 5.91 Å². The molecule has 3 rings (SSSR count). The number of thioether (sulfide) groups is 1. The van der Waals surface area contributed by atoms with Gasteiger partial charge >= 0.3 is 0 Å². The van der Waals surface area contributed by atoms with Gasteiger partial charge in [-0.3, -0.25) is 4.79 Å². The fourth-order valence-corrected chi connectivity index (χ4v) is 3.86. The van der Waals surface area contributed by atoms with E-state index in [1.165, 1.54) is 30.3 Å². The van der Waals surface area contributed by atoms with Crippen molar-refractivity contribution in [3.05, 3.63) is 33.1 Å². The van der Waals surface area contributed by atoms with Gasteiger partial charge in [0.15, 0.2) is 0 Å². The molecule has 20 heavy (non-hydrogen) atoms. The zero-order valence-electron chi connectivity index (χ0n) is 10.7. The van der Waals surface area contributed by atoms with Gasteiger partial charge in [0.05, 0.1) is 4.91 Å². The Balaban J connectivity index is 1.99. The number of hydrogen-bond donors (Lipinski definition) is 1. The molecular formula is C14H13BrN2OS2. The third-order valence-electron chi connectivity index (χ3n) is 3.36. The minimum absolute atomic E-state index is 0.104. The van der Waals surface area contributed by atoms with Crippen LogP contribution in [0.1, 0.15) is 18.4 Å². The first-order chi connectivity index (χ1) is 9.63. The second kappa shape index (κ2) is 5.87. The van der Waals surface area contributed by atoms with Crippen LogP contribution in [0.15, 0.2) is 27.6 Å². The molecule has 0 aliphatic carbocycles. The summed E-state index contributed by atoms with van der Waals surface area (Å²) in [5.41, 5.74) is 2.24. The van der Waals surface area contributed by atoms with Crippen molar-refractivity contribution in [1.82, 2.24) is 5.32 Å². The number of anilines is 1. The Morgan fingerprint density at radius 2 is 2.10 bits per heavy atom. The summed E-state index contributed by atoms with van der Waals surface area (Å²) in [7, 11) is 0. The van der Waals surface area contributed by atoms with Crippen LogP contribution in [0, 0.1) is 0 Å². The van der Waals surface area contributed by atoms with E-state index in [2.05, 4.69) is 38.3 Å². The molecule has 0 atom stereocenters. The van der Waals surface area contributed by atoms with E-state index in [0.29, 0.717) is 9.23 Å². The Hall–Kier alpha value is -0.850. The summed E-state index contributed by atoms with van der Waals surface area (Å²) in [4.78, 5) is 14.8. The molecule has 3 nitrogen and oxygen atoms in total. The Morgan fingerprint density at radius 1 is 1.35 bits per heavy atom. The van der Waals surface area contributed by atoms with E-state index in [4.69, 9.17) is 12.2 Å². The van der Waals surface area contributed by atoms with Crippen molar-refractivity contribution in [2.45, 2.75) is 12.8 Å². The van der Waals surface area contributed by atoms with Crippen molar-refractivity contribution < 1.29 is 4.79 Å². The summed E-state index contributed by atoms with van der Waals surface area (Å²) in [5, 5.41) is 2.65. The number of rotatable bonds is 2. The summed E-state index contributed by atoms with van der Waals surface area (Å²) in [6, 6.07) is 6.20. The Bertz CT molecular complexity index is 609. The number of hydrogen-bond acceptors (Lipinski definition) is 4. The number of carbonyl (C=O) groups is 1. The predicted octanol–water partition coefficient (Wildman–Crippen LogP) is 3.54. The SMILES string of the molecule is O=C1NC(=S)S/C1=C\c1cc(Br)ccc1N1CCCC1. The second-order valence-corrected chi connectivity index (χ2v) is 7.38. The van der Waals surface area contributed by atoms with Crippen molar-refractivity contribution in [1.29, 1.82) is 0 Å². The zero-order valence-corrected chi connectivity index (χ0v) is 13.9. The number of nitrogens with one attached hydrogen (secondary N) is 1. The molecule has 2 aliphatic rings. The lowest BCUT2D eigenvalue weighted by molar-refractivity contribution is -0.115. The summed E-state index contributed by atoms with van der Waals surface area (Å²) in [5.74, 6) is -0.104. The highest BCUT2D eigenvalue weighted by molar-refractivity contribution is 9.10. The first-order valence-electron chi connectivity index (χ1n) is 6.43. The van der Waals surface area contributed by atoms with Gasteiger partial charge in [0.2, 0.25) is 0 Å². The quantitative estimate of drug-likeness (QED) is 0.639. The average molecular weight is 369 g/mol. The lowest BCUT2D eigenvalue weighted by Gasteiger charge is -2.20. The first-order valence-corrected chi connectivity index (χ1v) is 8.44. The van der Waals surface area contributed by atoms with Gasteiger partial charge in [0, 0.05) is 28.8 Å². The van der Waals surface area contributed by atoms with Crippen LogP contribution in [0.2, 0.25) is 0 Å². The smallest absolute Gasteiger partial charge is 0.263 e. The van der Waals surface area contributed by atoms with E-state index < -0.39 is 0 Å². The van der Waals surface area contributed by atoms with Crippen LogP contribution in [-0.2, 0) is 4.79 Å². The van der Waals surface area contributed by atoms with Gasteiger partial charge in [-0.05, 0) is 37.1 Å². The molecule has 2 saturated heterocycles. The fourth-order valence-electron chi connectivity index (χ4n) is 2.45. The van der Waals surface area contributed by atoms with Gasteiger partial charge in [-0.25, -0.2) is 0 Å². The molecule has 1 amide bonds. The third-order valence-corrected chi connectivity index (χ3v) is 5.02. The number of thiocarbonyl (C=S) groups is 1. The average Bonchev–Trinajstić information content (AvgIpc) is 3.01. The minimum Gasteiger partial charge on any atom is -0.371 e. The lowest BCUT2D eigenvalue weighted by Crippen LogP contribution is -2.19. The molecule has 2 fully saturated rings. The molecule has 1 N–H and O–H groups in total. The normalized spacial score (nSPS) is 20.9.